The van der Waals surface area contributed by atoms with E-state index >= 15 is 0 Å². The van der Waals surface area contributed by atoms with Gasteiger partial charge in [-0.2, -0.15) is 0 Å². The molecule has 2 N–H and O–H groups in total. The maximum atomic E-state index is 10.1. The molecular formula is C7H9N3O2. The van der Waals surface area contributed by atoms with Crippen LogP contribution in [0.3, 0.4) is 0 Å². The van der Waals surface area contributed by atoms with Crippen LogP contribution < -0.4 is 10.6 Å². The molecule has 2 heterocycles. The summed E-state index contributed by atoms with van der Waals surface area (Å²) in [5.74, 6) is 0.0741. The molecule has 5 heteroatoms. The van der Waals surface area contributed by atoms with Crippen LogP contribution in [0, 0.1) is 0 Å². The van der Waals surface area contributed by atoms with Crippen LogP contribution in [0.2, 0.25) is 0 Å². The van der Waals surface area contributed by atoms with Gasteiger partial charge in [0.1, 0.15) is 6.54 Å². The highest BCUT2D eigenvalue weighted by molar-refractivity contribution is 5.93. The topological polar surface area (TPSA) is 70.6 Å². The summed E-state index contributed by atoms with van der Waals surface area (Å²) in [6.07, 6.45) is 5.41. The zero-order valence-corrected chi connectivity index (χ0v) is 6.41. The average Bonchev–Trinajstić information content (AvgIpc) is 2.63. The van der Waals surface area contributed by atoms with Crippen LogP contribution in [0.15, 0.2) is 17.3 Å². The Morgan fingerprint density at radius 2 is 2.08 bits per heavy atom. The van der Waals surface area contributed by atoms with Gasteiger partial charge in [-0.1, -0.05) is 6.08 Å². The molecule has 0 fully saturated rings. The summed E-state index contributed by atoms with van der Waals surface area (Å²) in [7, 11) is 0. The van der Waals surface area contributed by atoms with Gasteiger partial charge < -0.3 is 10.6 Å². The van der Waals surface area contributed by atoms with Gasteiger partial charge in [0.05, 0.1) is 6.34 Å². The van der Waals surface area contributed by atoms with Crippen molar-refractivity contribution >= 4 is 18.2 Å². The molecule has 0 aromatic rings. The van der Waals surface area contributed by atoms with Crippen molar-refractivity contribution in [3.8, 4) is 0 Å². The lowest BCUT2D eigenvalue weighted by Crippen LogP contribution is -2.15. The third-order valence-corrected chi connectivity index (χ3v) is 1.22. The van der Waals surface area contributed by atoms with Gasteiger partial charge >= 0.3 is 0 Å². The first-order valence-corrected chi connectivity index (χ1v) is 3.51. The molecule has 0 atom stereocenters. The van der Waals surface area contributed by atoms with E-state index in [1.165, 1.54) is 6.34 Å². The Hall–Kier alpha value is -1.65. The molecule has 0 aliphatic carbocycles. The van der Waals surface area contributed by atoms with E-state index in [1.54, 1.807) is 12.3 Å². The minimum Gasteiger partial charge on any atom is -0.333 e. The smallest absolute Gasteiger partial charge is 0.246 e. The van der Waals surface area contributed by atoms with Gasteiger partial charge in [0.2, 0.25) is 11.8 Å². The van der Waals surface area contributed by atoms with E-state index in [0.29, 0.717) is 13.0 Å². The predicted octanol–water partition coefficient (Wildman–Crippen LogP) is -0.836. The van der Waals surface area contributed by atoms with Crippen LogP contribution in [-0.2, 0) is 9.59 Å². The summed E-state index contributed by atoms with van der Waals surface area (Å²) >= 11 is 0. The highest BCUT2D eigenvalue weighted by Gasteiger charge is 1.99. The maximum absolute atomic E-state index is 10.1. The first-order valence-electron chi connectivity index (χ1n) is 3.51. The van der Waals surface area contributed by atoms with Crippen molar-refractivity contribution in [1.29, 1.82) is 0 Å². The molecule has 64 valence electrons. The summed E-state index contributed by atoms with van der Waals surface area (Å²) in [5, 5.41) is 4.89. The molecule has 2 amide bonds. The van der Waals surface area contributed by atoms with Crippen LogP contribution in [0.5, 0.6) is 0 Å². The fraction of sp³-hybridized carbons (Fsp3) is 0.286. The molecule has 0 aromatic carbocycles. The second kappa shape index (κ2) is 4.27. The Morgan fingerprint density at radius 3 is 2.25 bits per heavy atom. The fourth-order valence-electron chi connectivity index (χ4n) is 0.669. The van der Waals surface area contributed by atoms with Crippen molar-refractivity contribution in [3.63, 3.8) is 0 Å². The van der Waals surface area contributed by atoms with Gasteiger partial charge in [0.15, 0.2) is 0 Å². The minimum absolute atomic E-state index is 0.0185. The van der Waals surface area contributed by atoms with Crippen molar-refractivity contribution in [1.82, 2.24) is 10.6 Å². The lowest BCUT2D eigenvalue weighted by Gasteiger charge is -1.78. The van der Waals surface area contributed by atoms with Crippen LogP contribution in [-0.4, -0.2) is 24.7 Å². The number of nitrogens with zero attached hydrogens (tertiary/aromatic N) is 1. The van der Waals surface area contributed by atoms with Crippen LogP contribution in [0.25, 0.3) is 0 Å². The summed E-state index contributed by atoms with van der Waals surface area (Å²) in [6, 6.07) is 0. The van der Waals surface area contributed by atoms with E-state index < -0.39 is 0 Å². The zero-order valence-electron chi connectivity index (χ0n) is 6.41. The molecule has 0 bridgehead atoms. The number of rotatable bonds is 0. The molecule has 12 heavy (non-hydrogen) atoms. The van der Waals surface area contributed by atoms with Crippen molar-refractivity contribution in [2.75, 3.05) is 6.54 Å². The number of carbonyl (C=O) groups excluding carboxylic acids is 2. The van der Waals surface area contributed by atoms with E-state index in [-0.39, 0.29) is 11.8 Å². The Kier molecular flexibility index (Phi) is 3.01. The number of carbonyl (C=O) groups is 2. The Balaban J connectivity index is 0.000000120. The van der Waals surface area contributed by atoms with Gasteiger partial charge in [-0.3, -0.25) is 14.6 Å². The van der Waals surface area contributed by atoms with Crippen molar-refractivity contribution < 1.29 is 9.59 Å². The monoisotopic (exact) mass is 167 g/mol. The number of hydrogen-bond acceptors (Lipinski definition) is 3. The summed E-state index contributed by atoms with van der Waals surface area (Å²) < 4.78 is 0. The number of nitrogens with one attached hydrogen (secondary N) is 2. The highest BCUT2D eigenvalue weighted by Crippen LogP contribution is 1.87. The van der Waals surface area contributed by atoms with Crippen LogP contribution in [0.1, 0.15) is 6.42 Å². The lowest BCUT2D eigenvalue weighted by atomic mass is 10.5. The summed E-state index contributed by atoms with van der Waals surface area (Å²) in [4.78, 5) is 23.7. The molecule has 0 aromatic heterocycles. The van der Waals surface area contributed by atoms with Crippen molar-refractivity contribution in [2.45, 2.75) is 6.42 Å². The zero-order chi connectivity index (χ0) is 8.81. The standard InChI is InChI=1S/C4H5NO.C3H4N2O/c6-4-2-1-3-5-4;6-3-1-4-2-5-3/h1,3H,2H2,(H,5,6);2H,1H2,(H,4,5,6). The largest absolute Gasteiger partial charge is 0.333 e. The molecule has 0 saturated carbocycles. The van der Waals surface area contributed by atoms with E-state index in [4.69, 9.17) is 0 Å². The van der Waals surface area contributed by atoms with Crippen LogP contribution >= 0.6 is 0 Å². The van der Waals surface area contributed by atoms with Crippen molar-refractivity contribution in [2.24, 2.45) is 4.99 Å². The first-order chi connectivity index (χ1) is 5.79. The average molecular weight is 167 g/mol. The van der Waals surface area contributed by atoms with Gasteiger partial charge in [-0.25, -0.2) is 0 Å². The van der Waals surface area contributed by atoms with E-state index in [1.807, 2.05) is 0 Å². The minimum atomic E-state index is -0.0185. The Bertz CT molecular complexity index is 199. The Morgan fingerprint density at radius 1 is 1.25 bits per heavy atom. The van der Waals surface area contributed by atoms with E-state index in [0.717, 1.165) is 0 Å². The number of hydrogen-bond donors (Lipinski definition) is 2. The molecule has 2 aliphatic heterocycles. The molecule has 2 aliphatic rings. The molecule has 0 unspecified atom stereocenters. The van der Waals surface area contributed by atoms with Gasteiger partial charge in [0, 0.05) is 12.6 Å². The fourth-order valence-corrected chi connectivity index (χ4v) is 0.669. The predicted molar refractivity (Wildman–Crippen MR) is 43.4 cm³/mol. The van der Waals surface area contributed by atoms with Crippen LogP contribution in [0.4, 0.5) is 0 Å². The van der Waals surface area contributed by atoms with Gasteiger partial charge in [-0.15, -0.1) is 0 Å². The van der Waals surface area contributed by atoms with E-state index in [9.17, 15) is 9.59 Å². The molecule has 2 rings (SSSR count). The lowest BCUT2D eigenvalue weighted by molar-refractivity contribution is -0.119. The summed E-state index contributed by atoms with van der Waals surface area (Å²) in [5.41, 5.74) is 0. The Labute approximate surface area is 69.6 Å². The number of aliphatic imine (C=N–C) groups is 1. The molecule has 5 nitrogen and oxygen atoms in total. The quantitative estimate of drug-likeness (QED) is 0.494. The molecule has 0 radical (unpaired) electrons. The second-order valence-electron chi connectivity index (χ2n) is 2.21. The SMILES string of the molecule is O=C1CC=CN1.O=C1CN=CN1. The van der Waals surface area contributed by atoms with Crippen molar-refractivity contribution in [3.05, 3.63) is 12.3 Å². The third-order valence-electron chi connectivity index (χ3n) is 1.22. The van der Waals surface area contributed by atoms with Gasteiger partial charge in [0.25, 0.3) is 0 Å². The van der Waals surface area contributed by atoms with Gasteiger partial charge in [-0.05, 0) is 0 Å². The summed E-state index contributed by atoms with van der Waals surface area (Å²) in [6.45, 7) is 0.306. The maximum Gasteiger partial charge on any atom is 0.246 e. The van der Waals surface area contributed by atoms with E-state index in [2.05, 4.69) is 15.6 Å². The number of amides is 2. The molecule has 0 spiro atoms. The second-order valence-corrected chi connectivity index (χ2v) is 2.21. The molecule has 0 saturated heterocycles. The third kappa shape index (κ3) is 2.96. The molecular weight excluding hydrogens is 158 g/mol. The normalized spacial score (nSPS) is 18.3. The first kappa shape index (κ1) is 8.45. The highest BCUT2D eigenvalue weighted by atomic mass is 16.2.